The molecule has 2 aromatic rings. The maximum atomic E-state index is 9.92. The Kier molecular flexibility index (Phi) is 8.28. The number of nitrogens with one attached hydrogen (secondary N) is 1. The van der Waals surface area contributed by atoms with E-state index >= 15 is 0 Å². The van der Waals surface area contributed by atoms with Crippen LogP contribution >= 0.6 is 34.8 Å². The van der Waals surface area contributed by atoms with Crippen molar-refractivity contribution in [3.63, 3.8) is 0 Å². The van der Waals surface area contributed by atoms with E-state index in [9.17, 15) is 5.11 Å². The molecule has 0 amide bonds. The minimum absolute atomic E-state index is 0.0212. The lowest BCUT2D eigenvalue weighted by Crippen LogP contribution is -2.51. The molecule has 4 rings (SSSR count). The summed E-state index contributed by atoms with van der Waals surface area (Å²) in [6, 6.07) is 12.1. The van der Waals surface area contributed by atoms with Crippen LogP contribution in [0.15, 0.2) is 36.4 Å². The van der Waals surface area contributed by atoms with Crippen LogP contribution in [0.4, 0.5) is 11.4 Å². The molecule has 0 radical (unpaired) electrons. The molecule has 2 heterocycles. The zero-order valence-corrected chi connectivity index (χ0v) is 21.2. The van der Waals surface area contributed by atoms with Crippen LogP contribution in [0.3, 0.4) is 0 Å². The van der Waals surface area contributed by atoms with Gasteiger partial charge in [-0.2, -0.15) is 0 Å². The number of methoxy groups -OCH3 is 1. The molecule has 2 fully saturated rings. The van der Waals surface area contributed by atoms with Crippen LogP contribution in [-0.2, 0) is 4.74 Å². The summed E-state index contributed by atoms with van der Waals surface area (Å²) < 4.78 is 5.06. The fourth-order valence-corrected chi connectivity index (χ4v) is 5.49. The van der Waals surface area contributed by atoms with Crippen molar-refractivity contribution >= 4 is 46.2 Å². The smallest absolute Gasteiger partial charge is 0.215 e. The van der Waals surface area contributed by atoms with E-state index in [1.165, 1.54) is 7.11 Å². The summed E-state index contributed by atoms with van der Waals surface area (Å²) in [5.74, 6) is 0. The van der Waals surface area contributed by atoms with Crippen LogP contribution in [0.25, 0.3) is 0 Å². The molecule has 2 aliphatic rings. The molecule has 2 aromatic carbocycles. The van der Waals surface area contributed by atoms with Gasteiger partial charge in [-0.3, -0.25) is 9.80 Å². The highest BCUT2D eigenvalue weighted by Crippen LogP contribution is 2.34. The van der Waals surface area contributed by atoms with Crippen molar-refractivity contribution in [2.45, 2.75) is 31.8 Å². The molecule has 0 aromatic heterocycles. The molecular formula is C24H31Cl3N4O2. The highest BCUT2D eigenvalue weighted by atomic mass is 35.5. The Bertz CT molecular complexity index is 955. The number of rotatable bonds is 7. The second-order valence-electron chi connectivity index (χ2n) is 8.72. The third kappa shape index (κ3) is 5.88. The Labute approximate surface area is 211 Å². The third-order valence-electron chi connectivity index (χ3n) is 6.66. The summed E-state index contributed by atoms with van der Waals surface area (Å²) in [6.07, 6.45) is 0.252. The standard InChI is InChI=1S/C24H31Cl3N4O2/c1-16(20-5-3-17(25)13-22(20)27)28-23-14-18(4-6-21(23)26)29-9-11-30(12-10-29)19-7-8-31(15-19)24(32)33-2/h3-6,13-14,16,19,24,28,32H,7-12,15H2,1-2H3/t16-,19?,24?/m1/s1. The number of anilines is 2. The van der Waals surface area contributed by atoms with Crippen molar-refractivity contribution in [2.24, 2.45) is 0 Å². The lowest BCUT2D eigenvalue weighted by molar-refractivity contribution is -0.170. The first-order valence-electron chi connectivity index (χ1n) is 11.3. The first-order chi connectivity index (χ1) is 15.9. The largest absolute Gasteiger partial charge is 0.377 e. The Morgan fingerprint density at radius 2 is 1.76 bits per heavy atom. The van der Waals surface area contributed by atoms with Gasteiger partial charge in [0.25, 0.3) is 0 Å². The number of benzene rings is 2. The predicted octanol–water partition coefficient (Wildman–Crippen LogP) is 4.94. The summed E-state index contributed by atoms with van der Waals surface area (Å²) in [6.45, 7) is 7.64. The highest BCUT2D eigenvalue weighted by molar-refractivity contribution is 6.35. The second-order valence-corrected chi connectivity index (χ2v) is 9.97. The van der Waals surface area contributed by atoms with Gasteiger partial charge in [0, 0.05) is 68.2 Å². The summed E-state index contributed by atoms with van der Waals surface area (Å²) in [5, 5.41) is 15.4. The van der Waals surface area contributed by atoms with Crippen molar-refractivity contribution in [1.29, 1.82) is 0 Å². The first-order valence-corrected chi connectivity index (χ1v) is 12.4. The zero-order chi connectivity index (χ0) is 23.5. The number of likely N-dealkylation sites (tertiary alicyclic amines) is 1. The molecule has 0 aliphatic carbocycles. The zero-order valence-electron chi connectivity index (χ0n) is 19.0. The molecule has 180 valence electrons. The number of piperazine rings is 1. The number of ether oxygens (including phenoxy) is 1. The van der Waals surface area contributed by atoms with E-state index in [-0.39, 0.29) is 6.04 Å². The molecule has 6 nitrogen and oxygen atoms in total. The Morgan fingerprint density at radius 3 is 2.45 bits per heavy atom. The fourth-order valence-electron chi connectivity index (χ4n) is 4.75. The Hall–Kier alpha value is -1.25. The number of hydrogen-bond donors (Lipinski definition) is 2. The molecular weight excluding hydrogens is 483 g/mol. The van der Waals surface area contributed by atoms with Gasteiger partial charge >= 0.3 is 0 Å². The molecule has 0 spiro atoms. The summed E-state index contributed by atoms with van der Waals surface area (Å²) in [5.41, 5.74) is 3.01. The van der Waals surface area contributed by atoms with Crippen LogP contribution in [-0.4, -0.2) is 73.7 Å². The summed E-state index contributed by atoms with van der Waals surface area (Å²) in [7, 11) is 1.54. The number of nitrogens with zero attached hydrogens (tertiary/aromatic N) is 3. The predicted molar refractivity (Wildman–Crippen MR) is 137 cm³/mol. The molecule has 2 saturated heterocycles. The van der Waals surface area contributed by atoms with Gasteiger partial charge in [0.15, 0.2) is 0 Å². The van der Waals surface area contributed by atoms with Gasteiger partial charge in [-0.15, -0.1) is 0 Å². The monoisotopic (exact) mass is 512 g/mol. The van der Waals surface area contributed by atoms with Gasteiger partial charge in [-0.05, 0) is 49.2 Å². The number of aliphatic hydroxyl groups excluding tert-OH is 1. The second kappa shape index (κ2) is 11.0. The highest BCUT2D eigenvalue weighted by Gasteiger charge is 2.32. The van der Waals surface area contributed by atoms with Gasteiger partial charge in [0.2, 0.25) is 6.41 Å². The Morgan fingerprint density at radius 1 is 1.00 bits per heavy atom. The number of aliphatic hydroxyl groups is 1. The van der Waals surface area contributed by atoms with E-state index in [2.05, 4.69) is 34.2 Å². The topological polar surface area (TPSA) is 51.2 Å². The van der Waals surface area contributed by atoms with Gasteiger partial charge in [-0.1, -0.05) is 40.9 Å². The van der Waals surface area contributed by atoms with E-state index in [0.717, 1.165) is 62.6 Å². The van der Waals surface area contributed by atoms with Crippen LogP contribution in [0.2, 0.25) is 15.1 Å². The van der Waals surface area contributed by atoms with Crippen LogP contribution in [0, 0.1) is 0 Å². The van der Waals surface area contributed by atoms with Crippen molar-refractivity contribution < 1.29 is 9.84 Å². The van der Waals surface area contributed by atoms with E-state index < -0.39 is 6.41 Å². The molecule has 9 heteroatoms. The lowest BCUT2D eigenvalue weighted by atomic mass is 10.1. The minimum atomic E-state index is -0.804. The molecule has 2 unspecified atom stereocenters. The SMILES string of the molecule is COC(O)N1CCC(N2CCN(c3ccc(Cl)c(N[C@H](C)c4ccc(Cl)cc4Cl)c3)CC2)C1. The Balaban J connectivity index is 1.37. The average molecular weight is 514 g/mol. The molecule has 3 atom stereocenters. The lowest BCUT2D eigenvalue weighted by Gasteiger charge is -2.39. The van der Waals surface area contributed by atoms with Crippen molar-refractivity contribution in [2.75, 3.05) is 56.6 Å². The van der Waals surface area contributed by atoms with Crippen LogP contribution in [0.5, 0.6) is 0 Å². The number of halogens is 3. The minimum Gasteiger partial charge on any atom is -0.377 e. The fraction of sp³-hybridized carbons (Fsp3) is 0.500. The number of hydrogen-bond acceptors (Lipinski definition) is 6. The van der Waals surface area contributed by atoms with Crippen molar-refractivity contribution in [3.8, 4) is 0 Å². The van der Waals surface area contributed by atoms with Crippen molar-refractivity contribution in [3.05, 3.63) is 57.0 Å². The third-order valence-corrected chi connectivity index (χ3v) is 7.56. The van der Waals surface area contributed by atoms with E-state index in [1.54, 1.807) is 6.07 Å². The van der Waals surface area contributed by atoms with E-state index in [1.807, 2.05) is 23.1 Å². The van der Waals surface area contributed by atoms with E-state index in [4.69, 9.17) is 39.5 Å². The normalized spacial score (nSPS) is 21.9. The molecule has 33 heavy (non-hydrogen) atoms. The maximum Gasteiger partial charge on any atom is 0.215 e. The first kappa shape index (κ1) is 24.9. The van der Waals surface area contributed by atoms with Gasteiger partial charge in [0.05, 0.1) is 16.8 Å². The van der Waals surface area contributed by atoms with Gasteiger partial charge in [-0.25, -0.2) is 0 Å². The van der Waals surface area contributed by atoms with Gasteiger partial charge < -0.3 is 20.1 Å². The van der Waals surface area contributed by atoms with Gasteiger partial charge in [0.1, 0.15) is 0 Å². The summed E-state index contributed by atoms with van der Waals surface area (Å²) >= 11 is 18.9. The molecule has 2 aliphatic heterocycles. The summed E-state index contributed by atoms with van der Waals surface area (Å²) in [4.78, 5) is 6.91. The van der Waals surface area contributed by atoms with Crippen LogP contribution in [0.1, 0.15) is 24.9 Å². The quantitative estimate of drug-likeness (QED) is 0.512. The average Bonchev–Trinajstić information content (AvgIpc) is 3.30. The molecule has 2 N–H and O–H groups in total. The van der Waals surface area contributed by atoms with E-state index in [0.29, 0.717) is 21.1 Å². The molecule has 0 bridgehead atoms. The maximum absolute atomic E-state index is 9.92. The van der Waals surface area contributed by atoms with Crippen LogP contribution < -0.4 is 10.2 Å². The van der Waals surface area contributed by atoms with Crippen molar-refractivity contribution in [1.82, 2.24) is 9.80 Å². The molecule has 0 saturated carbocycles.